The summed E-state index contributed by atoms with van der Waals surface area (Å²) in [6, 6.07) is 12.3. The lowest BCUT2D eigenvalue weighted by atomic mass is 10.0. The number of nitrogens with one attached hydrogen (secondary N) is 1. The lowest BCUT2D eigenvalue weighted by Crippen LogP contribution is -2.35. The van der Waals surface area contributed by atoms with E-state index in [0.29, 0.717) is 0 Å². The van der Waals surface area contributed by atoms with Crippen LogP contribution in [0.4, 0.5) is 0 Å². The first-order valence-corrected chi connectivity index (χ1v) is 8.60. The van der Waals surface area contributed by atoms with Crippen LogP contribution in [0.2, 0.25) is 0 Å². The van der Waals surface area contributed by atoms with Crippen LogP contribution in [0, 0.1) is 13.8 Å². The van der Waals surface area contributed by atoms with Crippen molar-refractivity contribution in [1.29, 1.82) is 0 Å². The van der Waals surface area contributed by atoms with Gasteiger partial charge in [0.25, 0.3) is 0 Å². The summed E-state index contributed by atoms with van der Waals surface area (Å²) >= 11 is 0. The summed E-state index contributed by atoms with van der Waals surface area (Å²) < 4.78 is 11.2. The van der Waals surface area contributed by atoms with E-state index in [1.54, 1.807) is 7.11 Å². The molecule has 2 unspecified atom stereocenters. The minimum atomic E-state index is -0.720. The van der Waals surface area contributed by atoms with Crippen LogP contribution in [0.5, 0.6) is 5.75 Å². The van der Waals surface area contributed by atoms with E-state index in [9.17, 15) is 4.79 Å². The van der Waals surface area contributed by atoms with E-state index in [1.807, 2.05) is 63.2 Å². The van der Waals surface area contributed by atoms with Gasteiger partial charge in [0.05, 0.1) is 13.2 Å². The Kier molecular flexibility index (Phi) is 6.52. The maximum absolute atomic E-state index is 12.5. The van der Waals surface area contributed by atoms with Gasteiger partial charge in [-0.15, -0.1) is 12.4 Å². The van der Waals surface area contributed by atoms with Crippen LogP contribution in [0.25, 0.3) is 11.0 Å². The van der Waals surface area contributed by atoms with Gasteiger partial charge in [-0.3, -0.25) is 4.79 Å². The number of aryl methyl sites for hydroxylation is 2. The van der Waals surface area contributed by atoms with E-state index < -0.39 is 6.04 Å². The molecule has 1 amide bonds. The molecule has 5 nitrogen and oxygen atoms in total. The summed E-state index contributed by atoms with van der Waals surface area (Å²) in [6.45, 7) is 5.86. The number of methoxy groups -OCH3 is 1. The minimum absolute atomic E-state index is 0. The van der Waals surface area contributed by atoms with Gasteiger partial charge >= 0.3 is 0 Å². The van der Waals surface area contributed by atoms with Crippen molar-refractivity contribution in [2.45, 2.75) is 32.9 Å². The number of ether oxygens (including phenoxy) is 1. The summed E-state index contributed by atoms with van der Waals surface area (Å²) in [4.78, 5) is 12.5. The number of amides is 1. The lowest BCUT2D eigenvalue weighted by Gasteiger charge is -2.17. The van der Waals surface area contributed by atoms with Crippen molar-refractivity contribution in [2.75, 3.05) is 7.11 Å². The maximum atomic E-state index is 12.5. The number of benzene rings is 2. The number of carbonyl (C=O) groups is 1. The molecule has 0 saturated heterocycles. The van der Waals surface area contributed by atoms with Gasteiger partial charge in [0.1, 0.15) is 23.1 Å². The van der Waals surface area contributed by atoms with Crippen molar-refractivity contribution in [3.05, 3.63) is 64.9 Å². The average Bonchev–Trinajstić information content (AvgIpc) is 2.98. The van der Waals surface area contributed by atoms with Crippen LogP contribution in [0.1, 0.15) is 41.5 Å². The van der Waals surface area contributed by atoms with Crippen LogP contribution >= 0.6 is 12.4 Å². The Morgan fingerprint density at radius 2 is 1.81 bits per heavy atom. The second-order valence-electron chi connectivity index (χ2n) is 6.57. The molecule has 144 valence electrons. The fraction of sp³-hybridized carbons (Fsp3) is 0.286. The van der Waals surface area contributed by atoms with Crippen molar-refractivity contribution in [1.82, 2.24) is 5.32 Å². The zero-order chi connectivity index (χ0) is 18.8. The van der Waals surface area contributed by atoms with Crippen molar-refractivity contribution in [3.8, 4) is 5.75 Å². The number of fused-ring (bicyclic) bond motifs is 1. The SMILES string of the molecule is COc1ccc2oc(C(C)NC(=O)C(N)c3ccc(C)cc3)c(C)c2c1.Cl. The van der Waals surface area contributed by atoms with Crippen LogP contribution < -0.4 is 15.8 Å². The summed E-state index contributed by atoms with van der Waals surface area (Å²) in [5, 5.41) is 3.93. The molecule has 2 aromatic carbocycles. The molecule has 2 atom stereocenters. The molecule has 0 spiro atoms. The van der Waals surface area contributed by atoms with Crippen LogP contribution in [-0.4, -0.2) is 13.0 Å². The minimum Gasteiger partial charge on any atom is -0.497 e. The predicted octanol–water partition coefficient (Wildman–Crippen LogP) is 4.36. The van der Waals surface area contributed by atoms with Crippen molar-refractivity contribution in [3.63, 3.8) is 0 Å². The number of nitrogens with two attached hydrogens (primary N) is 1. The Balaban J connectivity index is 0.00000261. The van der Waals surface area contributed by atoms with E-state index in [-0.39, 0.29) is 24.4 Å². The molecule has 3 N–H and O–H groups in total. The smallest absolute Gasteiger partial charge is 0.242 e. The van der Waals surface area contributed by atoms with Crippen molar-refractivity contribution < 1.29 is 13.9 Å². The molecule has 3 aromatic rings. The molecule has 6 heteroatoms. The van der Waals surface area contributed by atoms with Gasteiger partial charge in [-0.2, -0.15) is 0 Å². The molecule has 0 saturated carbocycles. The largest absolute Gasteiger partial charge is 0.497 e. The molecule has 3 rings (SSSR count). The van der Waals surface area contributed by atoms with E-state index in [4.69, 9.17) is 14.9 Å². The number of hydrogen-bond acceptors (Lipinski definition) is 4. The Morgan fingerprint density at radius 3 is 2.44 bits per heavy atom. The van der Waals surface area contributed by atoms with E-state index in [2.05, 4.69) is 5.32 Å². The number of carbonyl (C=O) groups excluding carboxylic acids is 1. The van der Waals surface area contributed by atoms with Crippen LogP contribution in [0.3, 0.4) is 0 Å². The van der Waals surface area contributed by atoms with Gasteiger partial charge in [-0.1, -0.05) is 29.8 Å². The molecular weight excluding hydrogens is 364 g/mol. The zero-order valence-corrected chi connectivity index (χ0v) is 16.7. The third kappa shape index (κ3) is 4.26. The highest BCUT2D eigenvalue weighted by atomic mass is 35.5. The third-order valence-corrected chi connectivity index (χ3v) is 4.65. The quantitative estimate of drug-likeness (QED) is 0.680. The summed E-state index contributed by atoms with van der Waals surface area (Å²) in [7, 11) is 1.63. The molecule has 0 aliphatic carbocycles. The first-order valence-electron chi connectivity index (χ1n) is 8.60. The number of furan rings is 1. The molecule has 0 fully saturated rings. The molecule has 0 bridgehead atoms. The second-order valence-corrected chi connectivity index (χ2v) is 6.57. The van der Waals surface area contributed by atoms with Gasteiger partial charge in [0, 0.05) is 10.9 Å². The summed E-state index contributed by atoms with van der Waals surface area (Å²) in [5.41, 5.74) is 9.77. The average molecular weight is 389 g/mol. The highest BCUT2D eigenvalue weighted by Crippen LogP contribution is 2.32. The predicted molar refractivity (Wildman–Crippen MR) is 109 cm³/mol. The fourth-order valence-electron chi connectivity index (χ4n) is 3.05. The second kappa shape index (κ2) is 8.46. The number of rotatable bonds is 5. The molecule has 0 radical (unpaired) electrons. The van der Waals surface area contributed by atoms with Gasteiger partial charge in [-0.25, -0.2) is 0 Å². The molecule has 27 heavy (non-hydrogen) atoms. The van der Waals surface area contributed by atoms with E-state index in [0.717, 1.165) is 39.2 Å². The van der Waals surface area contributed by atoms with Gasteiger partial charge in [0.15, 0.2) is 0 Å². The Hall–Kier alpha value is -2.50. The number of halogens is 1. The molecule has 1 aromatic heterocycles. The standard InChI is InChI=1S/C21H24N2O3.ClH/c1-12-5-7-15(8-6-12)19(22)21(24)23-14(3)20-13(2)17-11-16(25-4)9-10-18(17)26-20;/h5-11,14,19H,22H2,1-4H3,(H,23,24);1H. The van der Waals surface area contributed by atoms with Gasteiger partial charge in [0.2, 0.25) is 5.91 Å². The fourth-order valence-corrected chi connectivity index (χ4v) is 3.05. The van der Waals surface area contributed by atoms with E-state index >= 15 is 0 Å². The molecule has 0 aliphatic rings. The third-order valence-electron chi connectivity index (χ3n) is 4.65. The first-order chi connectivity index (χ1) is 12.4. The summed E-state index contributed by atoms with van der Waals surface area (Å²) in [5.74, 6) is 1.25. The van der Waals surface area contributed by atoms with Crippen LogP contribution in [0.15, 0.2) is 46.9 Å². The highest BCUT2D eigenvalue weighted by Gasteiger charge is 2.22. The highest BCUT2D eigenvalue weighted by molar-refractivity contribution is 5.86. The van der Waals surface area contributed by atoms with Gasteiger partial charge < -0.3 is 20.2 Å². The number of hydrogen-bond donors (Lipinski definition) is 2. The summed E-state index contributed by atoms with van der Waals surface area (Å²) in [6.07, 6.45) is 0. The Morgan fingerprint density at radius 1 is 1.15 bits per heavy atom. The normalized spacial score (nSPS) is 12.9. The monoisotopic (exact) mass is 388 g/mol. The molecular formula is C21H25ClN2O3. The van der Waals surface area contributed by atoms with Gasteiger partial charge in [-0.05, 0) is 44.5 Å². The van der Waals surface area contributed by atoms with Crippen molar-refractivity contribution in [2.24, 2.45) is 5.73 Å². The van der Waals surface area contributed by atoms with Crippen molar-refractivity contribution >= 4 is 29.3 Å². The zero-order valence-electron chi connectivity index (χ0n) is 15.9. The Labute approximate surface area is 165 Å². The topological polar surface area (TPSA) is 77.5 Å². The van der Waals surface area contributed by atoms with Crippen LogP contribution in [-0.2, 0) is 4.79 Å². The molecule has 0 aliphatic heterocycles. The Bertz CT molecular complexity index is 934. The van der Waals surface area contributed by atoms with E-state index in [1.165, 1.54) is 0 Å². The first kappa shape index (κ1) is 20.8. The lowest BCUT2D eigenvalue weighted by molar-refractivity contribution is -0.123. The molecule has 1 heterocycles. The maximum Gasteiger partial charge on any atom is 0.242 e.